The molecule has 0 bridgehead atoms. The van der Waals surface area contributed by atoms with Crippen molar-refractivity contribution < 1.29 is 14.7 Å². The lowest BCUT2D eigenvalue weighted by Gasteiger charge is -2.35. The van der Waals surface area contributed by atoms with Crippen LogP contribution in [0.5, 0.6) is 0 Å². The zero-order valence-corrected chi connectivity index (χ0v) is 15.7. The largest absolute Gasteiger partial charge is 0.385 e. The van der Waals surface area contributed by atoms with Crippen molar-refractivity contribution in [2.45, 2.75) is 51.7 Å². The molecule has 0 aliphatic carbocycles. The highest BCUT2D eigenvalue weighted by atomic mass is 16.3. The van der Waals surface area contributed by atoms with Gasteiger partial charge in [0.05, 0.1) is 12.0 Å². The molecule has 1 aromatic carbocycles. The molecule has 1 fully saturated rings. The Balaban J connectivity index is 1.90. The minimum Gasteiger partial charge on any atom is -0.385 e. The van der Waals surface area contributed by atoms with Gasteiger partial charge >= 0.3 is 0 Å². The predicted octanol–water partition coefficient (Wildman–Crippen LogP) is 2.39. The highest BCUT2D eigenvalue weighted by Gasteiger charge is 2.33. The van der Waals surface area contributed by atoms with E-state index in [2.05, 4.69) is 0 Å². The summed E-state index contributed by atoms with van der Waals surface area (Å²) >= 11 is 0. The van der Waals surface area contributed by atoms with Gasteiger partial charge in [0, 0.05) is 32.1 Å². The third-order valence-corrected chi connectivity index (χ3v) is 5.21. The summed E-state index contributed by atoms with van der Waals surface area (Å²) < 4.78 is 0. The molecule has 2 amide bonds. The molecule has 1 heterocycles. The van der Waals surface area contributed by atoms with E-state index in [1.54, 1.807) is 16.7 Å². The van der Waals surface area contributed by atoms with E-state index in [1.165, 1.54) is 0 Å². The van der Waals surface area contributed by atoms with E-state index in [0.717, 1.165) is 5.56 Å². The Morgan fingerprint density at radius 3 is 2.32 bits per heavy atom. The van der Waals surface area contributed by atoms with Gasteiger partial charge in [-0.15, -0.1) is 0 Å². The van der Waals surface area contributed by atoms with Gasteiger partial charge in [-0.05, 0) is 39.2 Å². The molecule has 1 atom stereocenters. The van der Waals surface area contributed by atoms with Crippen LogP contribution in [0, 0.1) is 5.92 Å². The smallest absolute Gasteiger partial charge is 0.225 e. The number of amides is 2. The monoisotopic (exact) mass is 346 g/mol. The van der Waals surface area contributed by atoms with Crippen molar-refractivity contribution in [1.82, 2.24) is 9.80 Å². The molecule has 2 rings (SSSR count). The average Bonchev–Trinajstić information content (AvgIpc) is 2.61. The van der Waals surface area contributed by atoms with E-state index in [9.17, 15) is 14.7 Å². The normalized spacial score (nSPS) is 18.1. The van der Waals surface area contributed by atoms with Crippen molar-refractivity contribution in [2.24, 2.45) is 5.92 Å². The van der Waals surface area contributed by atoms with Crippen molar-refractivity contribution in [1.29, 1.82) is 0 Å². The maximum Gasteiger partial charge on any atom is 0.225 e. The molecule has 0 spiro atoms. The van der Waals surface area contributed by atoms with E-state index < -0.39 is 5.60 Å². The van der Waals surface area contributed by atoms with Crippen molar-refractivity contribution in [3.8, 4) is 0 Å². The highest BCUT2D eigenvalue weighted by molar-refractivity contribution is 5.80. The van der Waals surface area contributed by atoms with Crippen LogP contribution in [0.25, 0.3) is 0 Å². The van der Waals surface area contributed by atoms with E-state index in [0.29, 0.717) is 25.9 Å². The van der Waals surface area contributed by atoms with Crippen LogP contribution in [0.2, 0.25) is 0 Å². The van der Waals surface area contributed by atoms with Gasteiger partial charge in [-0.2, -0.15) is 0 Å². The zero-order chi connectivity index (χ0) is 18.6. The van der Waals surface area contributed by atoms with Gasteiger partial charge in [0.15, 0.2) is 0 Å². The number of carbonyl (C=O) groups excluding carboxylic acids is 2. The molecule has 0 saturated carbocycles. The molecule has 1 aliphatic heterocycles. The van der Waals surface area contributed by atoms with Crippen LogP contribution >= 0.6 is 0 Å². The van der Waals surface area contributed by atoms with Gasteiger partial charge in [0.2, 0.25) is 11.8 Å². The number of piperidine rings is 1. The Morgan fingerprint density at radius 2 is 1.80 bits per heavy atom. The Morgan fingerprint density at radius 1 is 1.24 bits per heavy atom. The van der Waals surface area contributed by atoms with Gasteiger partial charge in [-0.1, -0.05) is 30.3 Å². The highest BCUT2D eigenvalue weighted by Crippen LogP contribution is 2.27. The first-order valence-electron chi connectivity index (χ1n) is 9.04. The summed E-state index contributed by atoms with van der Waals surface area (Å²) in [7, 11) is 1.83. The summed E-state index contributed by atoms with van der Waals surface area (Å²) in [6, 6.07) is 9.46. The molecule has 0 aromatic heterocycles. The summed E-state index contributed by atoms with van der Waals surface area (Å²) in [5, 5.41) is 10.7. The molecule has 0 radical (unpaired) electrons. The molecular weight excluding hydrogens is 316 g/mol. The Hall–Kier alpha value is -1.88. The van der Waals surface area contributed by atoms with Gasteiger partial charge in [0.25, 0.3) is 0 Å². The number of likely N-dealkylation sites (tertiary alicyclic amines) is 1. The Bertz CT molecular complexity index is 590. The van der Waals surface area contributed by atoms with Crippen LogP contribution in [-0.2, 0) is 15.2 Å². The van der Waals surface area contributed by atoms with Crippen molar-refractivity contribution in [3.63, 3.8) is 0 Å². The number of benzene rings is 1. The topological polar surface area (TPSA) is 60.9 Å². The Labute approximate surface area is 150 Å². The van der Waals surface area contributed by atoms with Crippen molar-refractivity contribution >= 4 is 11.8 Å². The number of carbonyl (C=O) groups is 2. The zero-order valence-electron chi connectivity index (χ0n) is 15.7. The number of aliphatic hydroxyl groups is 1. The van der Waals surface area contributed by atoms with Crippen molar-refractivity contribution in [2.75, 3.05) is 20.1 Å². The standard InChI is InChI=1S/C20H30N2O3/c1-15(2)21(4)19(24)16-10-12-22(13-11-16)18(23)14-20(3,25)17-8-6-5-7-9-17/h5-9,15-16,25H,10-14H2,1-4H3. The number of hydrogen-bond acceptors (Lipinski definition) is 3. The Kier molecular flexibility index (Phi) is 6.22. The van der Waals surface area contributed by atoms with Gasteiger partial charge in [-0.3, -0.25) is 9.59 Å². The quantitative estimate of drug-likeness (QED) is 0.890. The molecule has 5 heteroatoms. The first-order chi connectivity index (χ1) is 11.7. The van der Waals surface area contributed by atoms with E-state index in [4.69, 9.17) is 0 Å². The minimum atomic E-state index is -1.18. The molecule has 1 aliphatic rings. The second-order valence-electron chi connectivity index (χ2n) is 7.51. The van der Waals surface area contributed by atoms with E-state index >= 15 is 0 Å². The summed E-state index contributed by atoms with van der Waals surface area (Å²) in [4.78, 5) is 28.5. The number of nitrogens with zero attached hydrogens (tertiary/aromatic N) is 2. The van der Waals surface area contributed by atoms with Crippen LogP contribution in [0.4, 0.5) is 0 Å². The lowest BCUT2D eigenvalue weighted by atomic mass is 9.90. The molecular formula is C20H30N2O3. The summed E-state index contributed by atoms with van der Waals surface area (Å²) in [5.41, 5.74) is -0.435. The molecule has 1 N–H and O–H groups in total. The third-order valence-electron chi connectivity index (χ3n) is 5.21. The van der Waals surface area contributed by atoms with Crippen molar-refractivity contribution in [3.05, 3.63) is 35.9 Å². The van der Waals surface area contributed by atoms with E-state index in [-0.39, 0.29) is 30.2 Å². The number of rotatable bonds is 5. The van der Waals surface area contributed by atoms with Crippen LogP contribution in [0.3, 0.4) is 0 Å². The van der Waals surface area contributed by atoms with Crippen LogP contribution in [0.15, 0.2) is 30.3 Å². The SMILES string of the molecule is CC(C)N(C)C(=O)C1CCN(C(=O)CC(C)(O)c2ccccc2)CC1. The molecule has 1 unspecified atom stereocenters. The summed E-state index contributed by atoms with van der Waals surface area (Å²) in [6.07, 6.45) is 1.44. The van der Waals surface area contributed by atoms with Gasteiger partial charge in [0.1, 0.15) is 0 Å². The number of hydrogen-bond donors (Lipinski definition) is 1. The second kappa shape index (κ2) is 8.00. The fraction of sp³-hybridized carbons (Fsp3) is 0.600. The summed E-state index contributed by atoms with van der Waals surface area (Å²) in [6.45, 7) is 6.83. The predicted molar refractivity (Wildman–Crippen MR) is 97.8 cm³/mol. The van der Waals surface area contributed by atoms with Crippen LogP contribution < -0.4 is 0 Å². The maximum atomic E-state index is 12.6. The third kappa shape index (κ3) is 4.82. The molecule has 25 heavy (non-hydrogen) atoms. The second-order valence-corrected chi connectivity index (χ2v) is 7.51. The first kappa shape index (κ1) is 19.4. The fourth-order valence-electron chi connectivity index (χ4n) is 3.22. The molecule has 1 saturated heterocycles. The lowest BCUT2D eigenvalue weighted by Crippen LogP contribution is -2.46. The van der Waals surface area contributed by atoms with E-state index in [1.807, 2.05) is 51.2 Å². The molecule has 5 nitrogen and oxygen atoms in total. The lowest BCUT2D eigenvalue weighted by molar-refractivity contribution is -0.143. The fourth-order valence-corrected chi connectivity index (χ4v) is 3.22. The van der Waals surface area contributed by atoms with Crippen LogP contribution in [0.1, 0.15) is 45.6 Å². The van der Waals surface area contributed by atoms with Gasteiger partial charge in [-0.25, -0.2) is 0 Å². The average molecular weight is 346 g/mol. The first-order valence-corrected chi connectivity index (χ1v) is 9.04. The molecule has 1 aromatic rings. The van der Waals surface area contributed by atoms with Gasteiger partial charge < -0.3 is 14.9 Å². The summed E-state index contributed by atoms with van der Waals surface area (Å²) in [5.74, 6) is 0.0985. The maximum absolute atomic E-state index is 12.6. The molecule has 138 valence electrons. The van der Waals surface area contributed by atoms with Crippen LogP contribution in [-0.4, -0.2) is 52.9 Å². The minimum absolute atomic E-state index is 0.00826.